The van der Waals surface area contributed by atoms with Crippen molar-refractivity contribution < 1.29 is 33.3 Å². The number of benzene rings is 3. The van der Waals surface area contributed by atoms with E-state index in [-0.39, 0.29) is 48.1 Å². The van der Waals surface area contributed by atoms with E-state index in [9.17, 15) is 9.59 Å². The van der Waals surface area contributed by atoms with Crippen LogP contribution in [0.15, 0.2) is 80.2 Å². The number of likely N-dealkylation sites (tertiary alicyclic amines) is 2. The third kappa shape index (κ3) is 9.47. The number of hydrogen-bond donors (Lipinski definition) is 1. The van der Waals surface area contributed by atoms with Gasteiger partial charge in [0.05, 0.1) is 65.5 Å². The number of H-pyrrole nitrogens is 1. The maximum atomic E-state index is 13.0. The highest BCUT2D eigenvalue weighted by molar-refractivity contribution is 5.96. The number of rotatable bonds is 12. The standard InChI is InChI=1S/C64H76N12O7/c1-8-55(77)73-28-44-35-79-61-59(75(44)26-39(73)4)49-18-21-71(31-52(49)67-63(61)81-33-42-14-12-20-69(42)6)54-25-46(23-41-13-10-11-15-48(41)54)83-47-24-43(70(7)30-47)34-82-64-62-60(76-27-40(5)74(56(78)9-2)29-45(76)36-80-62)50-19-22-72(32-53(50)68-64)58-38(3)16-17-51-57(58)66-37-65-51/h8-11,13,15-17,23,25,37,39-40,42-45,47H,1-2,12,14,18-22,24,26-36H2,3-7H3,(H,65,66)/t39-,40-,42+,43+,44-,45-,47?/m1/s1. The number of ether oxygens (including phenoxy) is 5. The van der Waals surface area contributed by atoms with E-state index >= 15 is 0 Å². The Balaban J connectivity index is 0.722. The third-order valence-electron chi connectivity index (χ3n) is 19.2. The van der Waals surface area contributed by atoms with Crippen molar-refractivity contribution in [3.05, 3.63) is 108 Å². The molecule has 3 aromatic heterocycles. The fourth-order valence-electron chi connectivity index (χ4n) is 14.7. The molecule has 0 spiro atoms. The van der Waals surface area contributed by atoms with Crippen molar-refractivity contribution >= 4 is 56.4 Å². The molecule has 7 atom stereocenters. The number of aromatic nitrogens is 4. The van der Waals surface area contributed by atoms with Crippen molar-refractivity contribution in [2.24, 2.45) is 0 Å². The molecule has 2 amide bonds. The molecule has 1 N–H and O–H groups in total. The van der Waals surface area contributed by atoms with Crippen LogP contribution in [0.1, 0.15) is 61.2 Å². The Morgan fingerprint density at radius 2 is 1.36 bits per heavy atom. The number of anilines is 4. The molecule has 83 heavy (non-hydrogen) atoms. The number of nitrogens with one attached hydrogen (secondary N) is 1. The van der Waals surface area contributed by atoms with Crippen LogP contribution in [-0.4, -0.2) is 187 Å². The summed E-state index contributed by atoms with van der Waals surface area (Å²) in [6.45, 7) is 22.8. The molecule has 0 bridgehead atoms. The van der Waals surface area contributed by atoms with Crippen molar-refractivity contribution in [1.82, 2.24) is 39.5 Å². The summed E-state index contributed by atoms with van der Waals surface area (Å²) in [7, 11) is 4.32. The van der Waals surface area contributed by atoms with Gasteiger partial charge in [0, 0.05) is 105 Å². The topological polar surface area (TPSA) is 161 Å². The molecular formula is C64H76N12O7. The van der Waals surface area contributed by atoms with Crippen LogP contribution < -0.4 is 43.3 Å². The quantitative estimate of drug-likeness (QED) is 0.126. The molecule has 0 radical (unpaired) electrons. The zero-order chi connectivity index (χ0) is 56.8. The van der Waals surface area contributed by atoms with Gasteiger partial charge in [0.15, 0.2) is 0 Å². The number of fused-ring (bicyclic) bond motifs is 12. The SMILES string of the molecule is C=CC(=O)N1C[C@@H]2COc3c(OC[C@@H]4CCCN4C)nc4c(c3N2C[C@H]1C)CCN(c1cc(OC2C[C@@H](COc3nc5c(c6c3OC[C@H]3CN(C(=O)C=C)[C@H](C)CN63)CCN(c3c(C)ccc6[nH]cnc36)C5)N(C)C2)cc2ccccc12)C4. The van der Waals surface area contributed by atoms with Gasteiger partial charge in [-0.05, 0) is 102 Å². The summed E-state index contributed by atoms with van der Waals surface area (Å²) < 4.78 is 34.1. The molecule has 19 nitrogen and oxygen atoms in total. The number of amides is 2. The average Bonchev–Trinajstić information content (AvgIpc) is 3.24. The van der Waals surface area contributed by atoms with E-state index in [4.69, 9.17) is 38.6 Å². The lowest BCUT2D eigenvalue weighted by Crippen LogP contribution is -2.62. The highest BCUT2D eigenvalue weighted by Gasteiger charge is 2.45. The largest absolute Gasteiger partial charge is 0.489 e. The number of imidazole rings is 1. The van der Waals surface area contributed by atoms with E-state index in [2.05, 4.69) is 131 Å². The lowest BCUT2D eigenvalue weighted by atomic mass is 9.96. The number of pyridine rings is 2. The molecule has 3 aromatic carbocycles. The van der Waals surface area contributed by atoms with Gasteiger partial charge in [-0.3, -0.25) is 14.5 Å². The first kappa shape index (κ1) is 53.2. The highest BCUT2D eigenvalue weighted by atomic mass is 16.5. The molecule has 8 aliphatic rings. The Bertz CT molecular complexity index is 3550. The normalized spacial score (nSPS) is 25.0. The number of nitrogens with zero attached hydrogens (tertiary/aromatic N) is 11. The van der Waals surface area contributed by atoms with Gasteiger partial charge in [-0.2, -0.15) is 0 Å². The second-order valence-electron chi connectivity index (χ2n) is 24.4. The predicted molar refractivity (Wildman–Crippen MR) is 321 cm³/mol. The zero-order valence-corrected chi connectivity index (χ0v) is 48.5. The molecule has 4 saturated heterocycles. The molecule has 6 aromatic rings. The van der Waals surface area contributed by atoms with Crippen LogP contribution in [-0.2, 0) is 35.5 Å². The average molecular weight is 1130 g/mol. The smallest absolute Gasteiger partial charge is 0.259 e. The fourth-order valence-corrected chi connectivity index (χ4v) is 14.7. The van der Waals surface area contributed by atoms with Crippen molar-refractivity contribution in [1.29, 1.82) is 0 Å². The molecular weight excluding hydrogens is 1050 g/mol. The van der Waals surface area contributed by atoms with Crippen molar-refractivity contribution in [2.75, 3.05) is 112 Å². The number of piperazine rings is 2. The number of likely N-dealkylation sites (N-methyl/N-ethyl adjacent to an activating group) is 2. The van der Waals surface area contributed by atoms with Crippen LogP contribution in [0.2, 0.25) is 0 Å². The minimum atomic E-state index is -0.0888. The van der Waals surface area contributed by atoms with Crippen LogP contribution in [0.4, 0.5) is 22.7 Å². The lowest BCUT2D eigenvalue weighted by molar-refractivity contribution is -0.130. The van der Waals surface area contributed by atoms with E-state index in [1.807, 2.05) is 9.80 Å². The molecule has 0 aliphatic carbocycles. The van der Waals surface area contributed by atoms with Crippen molar-refractivity contribution in [3.63, 3.8) is 0 Å². The van der Waals surface area contributed by atoms with E-state index in [1.54, 1.807) is 6.33 Å². The molecule has 8 aliphatic heterocycles. The van der Waals surface area contributed by atoms with Gasteiger partial charge in [0.2, 0.25) is 23.3 Å². The minimum absolute atomic E-state index is 0.00141. The summed E-state index contributed by atoms with van der Waals surface area (Å²) in [5, 5.41) is 2.27. The monoisotopic (exact) mass is 1120 g/mol. The molecule has 0 saturated carbocycles. The number of carbonyl (C=O) groups is 2. The Labute approximate surface area is 485 Å². The van der Waals surface area contributed by atoms with Gasteiger partial charge in [0.1, 0.15) is 43.8 Å². The van der Waals surface area contributed by atoms with E-state index in [1.165, 1.54) is 28.8 Å². The van der Waals surface area contributed by atoms with E-state index < -0.39 is 0 Å². The summed E-state index contributed by atoms with van der Waals surface area (Å²) in [5.41, 5.74) is 11.8. The molecule has 19 heteroatoms. The van der Waals surface area contributed by atoms with Gasteiger partial charge in [-0.1, -0.05) is 43.5 Å². The summed E-state index contributed by atoms with van der Waals surface area (Å²) >= 11 is 0. The Hall–Kier alpha value is -7.77. The first-order valence-corrected chi connectivity index (χ1v) is 29.9. The number of hydrogen-bond acceptors (Lipinski definition) is 16. The lowest BCUT2D eigenvalue weighted by Gasteiger charge is -2.49. The summed E-state index contributed by atoms with van der Waals surface area (Å²) in [4.78, 5) is 63.1. The molecule has 4 fully saturated rings. The second-order valence-corrected chi connectivity index (χ2v) is 24.4. The first-order chi connectivity index (χ1) is 40.4. The number of aromatic amines is 1. The molecule has 1 unspecified atom stereocenters. The Morgan fingerprint density at radius 1 is 0.735 bits per heavy atom. The molecule has 14 rings (SSSR count). The van der Waals surface area contributed by atoms with Gasteiger partial charge in [-0.15, -0.1) is 0 Å². The molecule has 434 valence electrons. The van der Waals surface area contributed by atoms with Crippen LogP contribution in [0, 0.1) is 6.92 Å². The third-order valence-corrected chi connectivity index (χ3v) is 19.2. The Morgan fingerprint density at radius 3 is 2.00 bits per heavy atom. The summed E-state index contributed by atoms with van der Waals surface area (Å²) in [6, 6.07) is 17.6. The van der Waals surface area contributed by atoms with Crippen LogP contribution in [0.25, 0.3) is 21.8 Å². The fraction of sp³-hybridized carbons (Fsp3) is 0.484. The maximum absolute atomic E-state index is 13.0. The van der Waals surface area contributed by atoms with E-state index in [0.717, 1.165) is 126 Å². The second kappa shape index (κ2) is 21.4. The van der Waals surface area contributed by atoms with Crippen LogP contribution in [0.3, 0.4) is 0 Å². The van der Waals surface area contributed by atoms with Crippen LogP contribution in [0.5, 0.6) is 29.0 Å². The van der Waals surface area contributed by atoms with Crippen LogP contribution >= 0.6 is 0 Å². The first-order valence-electron chi connectivity index (χ1n) is 29.9. The van der Waals surface area contributed by atoms with Crippen molar-refractivity contribution in [3.8, 4) is 29.0 Å². The van der Waals surface area contributed by atoms with Gasteiger partial charge in [-0.25, -0.2) is 15.0 Å². The summed E-state index contributed by atoms with van der Waals surface area (Å²) in [6.07, 6.45) is 9.05. The van der Waals surface area contributed by atoms with Crippen molar-refractivity contribution in [2.45, 2.75) is 108 Å². The highest BCUT2D eigenvalue weighted by Crippen LogP contribution is 2.50. The zero-order valence-electron chi connectivity index (χ0n) is 48.5. The maximum Gasteiger partial charge on any atom is 0.259 e. The van der Waals surface area contributed by atoms with E-state index in [0.29, 0.717) is 89.2 Å². The molecule has 11 heterocycles. The predicted octanol–water partition coefficient (Wildman–Crippen LogP) is 6.91. The number of aryl methyl sites for hydroxylation is 1. The number of carbonyl (C=O) groups excluding carboxylic acids is 2. The Kier molecular flexibility index (Phi) is 13.8. The van der Waals surface area contributed by atoms with Gasteiger partial charge >= 0.3 is 0 Å². The minimum Gasteiger partial charge on any atom is -0.489 e. The van der Waals surface area contributed by atoms with Gasteiger partial charge < -0.3 is 63.0 Å². The summed E-state index contributed by atoms with van der Waals surface area (Å²) in [5.74, 6) is 3.20. The van der Waals surface area contributed by atoms with Gasteiger partial charge in [0.25, 0.3) is 11.8 Å².